The second kappa shape index (κ2) is 10.6. The van der Waals surface area contributed by atoms with Crippen molar-refractivity contribution in [2.45, 2.75) is 39.2 Å². The van der Waals surface area contributed by atoms with Crippen molar-refractivity contribution in [2.24, 2.45) is 5.92 Å². The summed E-state index contributed by atoms with van der Waals surface area (Å²) < 4.78 is 0. The Morgan fingerprint density at radius 1 is 1.08 bits per heavy atom. The summed E-state index contributed by atoms with van der Waals surface area (Å²) in [5.41, 5.74) is 6.30. The van der Waals surface area contributed by atoms with Gasteiger partial charge >= 0.3 is 0 Å². The standard InChI is InChI=1S/C30H32N4O3/c1-20(2)30(35)32-25-8-3-6-22(16-25)21-12-14-33(15-13-21)19-24-18-31-29-27(10-5-11-28(24)29)23-7-4-9-26(17-23)34(36)37/h3-11,16-18,20-21,31H,12-15,19H2,1-2H3,(H,32,35). The number of hydrogen-bond acceptors (Lipinski definition) is 4. The fourth-order valence-corrected chi connectivity index (χ4v) is 5.19. The van der Waals surface area contributed by atoms with E-state index in [-0.39, 0.29) is 22.4 Å². The molecule has 5 rings (SSSR count). The fraction of sp³-hybridized carbons (Fsp3) is 0.300. The van der Waals surface area contributed by atoms with Crippen LogP contribution in [0.15, 0.2) is 72.9 Å². The van der Waals surface area contributed by atoms with Crippen LogP contribution in [-0.2, 0) is 11.3 Å². The van der Waals surface area contributed by atoms with E-state index in [1.165, 1.54) is 17.2 Å². The van der Waals surface area contributed by atoms with Crippen molar-refractivity contribution >= 4 is 28.2 Å². The quantitative estimate of drug-likeness (QED) is 0.220. The highest BCUT2D eigenvalue weighted by Crippen LogP contribution is 2.34. The van der Waals surface area contributed by atoms with Gasteiger partial charge in [-0.05, 0) is 60.7 Å². The lowest BCUT2D eigenvalue weighted by Gasteiger charge is -2.32. The maximum atomic E-state index is 12.1. The van der Waals surface area contributed by atoms with E-state index >= 15 is 0 Å². The maximum Gasteiger partial charge on any atom is 0.270 e. The zero-order valence-electron chi connectivity index (χ0n) is 21.2. The Hall–Kier alpha value is -3.97. The lowest BCUT2D eigenvalue weighted by Crippen LogP contribution is -2.32. The van der Waals surface area contributed by atoms with E-state index in [0.29, 0.717) is 5.92 Å². The van der Waals surface area contributed by atoms with E-state index in [0.717, 1.165) is 60.2 Å². The third kappa shape index (κ3) is 5.42. The van der Waals surface area contributed by atoms with Crippen molar-refractivity contribution < 1.29 is 9.72 Å². The molecule has 0 atom stereocenters. The summed E-state index contributed by atoms with van der Waals surface area (Å²) in [5.74, 6) is 0.480. The van der Waals surface area contributed by atoms with Crippen molar-refractivity contribution in [2.75, 3.05) is 18.4 Å². The number of aromatic nitrogens is 1. The minimum atomic E-state index is -0.356. The third-order valence-electron chi connectivity index (χ3n) is 7.30. The molecule has 1 aromatic heterocycles. The molecule has 0 saturated carbocycles. The topological polar surface area (TPSA) is 91.3 Å². The van der Waals surface area contributed by atoms with Crippen LogP contribution in [0.5, 0.6) is 0 Å². The van der Waals surface area contributed by atoms with E-state index in [9.17, 15) is 14.9 Å². The summed E-state index contributed by atoms with van der Waals surface area (Å²) in [4.78, 5) is 28.9. The molecule has 4 aromatic rings. The van der Waals surface area contributed by atoms with Crippen LogP contribution in [0.1, 0.15) is 43.7 Å². The molecule has 2 N–H and O–H groups in total. The van der Waals surface area contributed by atoms with E-state index in [2.05, 4.69) is 39.6 Å². The number of amides is 1. The molecule has 1 saturated heterocycles. The molecular formula is C30H32N4O3. The Balaban J connectivity index is 1.27. The number of nitrogens with one attached hydrogen (secondary N) is 2. The number of carbonyl (C=O) groups is 1. The molecule has 190 valence electrons. The van der Waals surface area contributed by atoms with Crippen LogP contribution in [-0.4, -0.2) is 33.8 Å². The van der Waals surface area contributed by atoms with Crippen LogP contribution in [0.25, 0.3) is 22.0 Å². The number of nitro groups is 1. The van der Waals surface area contributed by atoms with Gasteiger partial charge in [-0.25, -0.2) is 0 Å². The van der Waals surface area contributed by atoms with Gasteiger partial charge in [-0.3, -0.25) is 19.8 Å². The maximum absolute atomic E-state index is 12.1. The summed E-state index contributed by atoms with van der Waals surface area (Å²) in [6.07, 6.45) is 4.21. The van der Waals surface area contributed by atoms with Crippen LogP contribution in [0, 0.1) is 16.0 Å². The Bertz CT molecular complexity index is 1430. The SMILES string of the molecule is CC(C)C(=O)Nc1cccc(C2CCN(Cc3c[nH]c4c(-c5cccc([N+](=O)[O-])c5)cccc34)CC2)c1. The van der Waals surface area contributed by atoms with Crippen LogP contribution in [0.2, 0.25) is 0 Å². The molecule has 1 aliphatic heterocycles. The Labute approximate surface area is 216 Å². The van der Waals surface area contributed by atoms with E-state index in [1.807, 2.05) is 44.2 Å². The minimum absolute atomic E-state index is 0.0411. The van der Waals surface area contributed by atoms with Gasteiger partial charge < -0.3 is 10.3 Å². The number of carbonyl (C=O) groups excluding carboxylic acids is 1. The molecule has 0 spiro atoms. The van der Waals surface area contributed by atoms with Crippen molar-refractivity contribution in [3.63, 3.8) is 0 Å². The highest BCUT2D eigenvalue weighted by molar-refractivity contribution is 5.96. The average molecular weight is 497 g/mol. The van der Waals surface area contributed by atoms with E-state index in [4.69, 9.17) is 0 Å². The van der Waals surface area contributed by atoms with Crippen molar-refractivity contribution in [3.8, 4) is 11.1 Å². The number of hydrogen-bond donors (Lipinski definition) is 2. The zero-order valence-corrected chi connectivity index (χ0v) is 21.2. The van der Waals surface area contributed by atoms with Gasteiger partial charge in [0.15, 0.2) is 0 Å². The number of piperidine rings is 1. The number of non-ortho nitro benzene ring substituents is 1. The number of H-pyrrole nitrogens is 1. The number of nitrogens with zero attached hydrogens (tertiary/aromatic N) is 2. The molecule has 0 bridgehead atoms. The number of rotatable bonds is 7. The predicted octanol–water partition coefficient (Wildman–Crippen LogP) is 6.72. The molecule has 1 amide bonds. The summed E-state index contributed by atoms with van der Waals surface area (Å²) in [6, 6.07) is 21.2. The molecular weight excluding hydrogens is 464 g/mol. The molecule has 37 heavy (non-hydrogen) atoms. The van der Waals surface area contributed by atoms with Crippen molar-refractivity contribution in [3.05, 3.63) is 94.2 Å². The highest BCUT2D eigenvalue weighted by atomic mass is 16.6. The molecule has 1 fully saturated rings. The van der Waals surface area contributed by atoms with Gasteiger partial charge in [0.05, 0.1) is 10.4 Å². The zero-order chi connectivity index (χ0) is 25.9. The van der Waals surface area contributed by atoms with E-state index in [1.54, 1.807) is 12.1 Å². The Morgan fingerprint density at radius 3 is 2.59 bits per heavy atom. The van der Waals surface area contributed by atoms with Crippen LogP contribution < -0.4 is 5.32 Å². The first-order chi connectivity index (χ1) is 17.9. The number of para-hydroxylation sites is 1. The van der Waals surface area contributed by atoms with Crippen LogP contribution in [0.3, 0.4) is 0 Å². The van der Waals surface area contributed by atoms with Gasteiger partial charge in [-0.15, -0.1) is 0 Å². The lowest BCUT2D eigenvalue weighted by atomic mass is 9.89. The average Bonchev–Trinajstić information content (AvgIpc) is 3.32. The summed E-state index contributed by atoms with van der Waals surface area (Å²) in [5, 5.41) is 15.4. The molecule has 7 heteroatoms. The highest BCUT2D eigenvalue weighted by Gasteiger charge is 2.22. The number of likely N-dealkylation sites (tertiary alicyclic amines) is 1. The molecule has 0 aliphatic carbocycles. The molecule has 0 unspecified atom stereocenters. The molecule has 1 aliphatic rings. The van der Waals surface area contributed by atoms with Gasteiger partial charge in [-0.2, -0.15) is 0 Å². The van der Waals surface area contributed by atoms with Crippen molar-refractivity contribution in [1.29, 1.82) is 0 Å². The number of benzene rings is 3. The van der Waals surface area contributed by atoms with Crippen LogP contribution in [0.4, 0.5) is 11.4 Å². The Morgan fingerprint density at radius 2 is 1.84 bits per heavy atom. The van der Waals surface area contributed by atoms with Gasteiger partial charge in [0.2, 0.25) is 5.91 Å². The minimum Gasteiger partial charge on any atom is -0.360 e. The summed E-state index contributed by atoms with van der Waals surface area (Å²) in [6.45, 7) is 6.67. The molecule has 2 heterocycles. The molecule has 0 radical (unpaired) electrons. The number of nitro benzene ring substituents is 1. The normalized spacial score (nSPS) is 14.8. The second-order valence-electron chi connectivity index (χ2n) is 10.2. The lowest BCUT2D eigenvalue weighted by molar-refractivity contribution is -0.384. The predicted molar refractivity (Wildman–Crippen MR) is 148 cm³/mol. The first kappa shape index (κ1) is 24.7. The second-order valence-corrected chi connectivity index (χ2v) is 10.2. The van der Waals surface area contributed by atoms with Crippen molar-refractivity contribution in [1.82, 2.24) is 9.88 Å². The summed E-state index contributed by atoms with van der Waals surface area (Å²) in [7, 11) is 0. The monoisotopic (exact) mass is 496 g/mol. The Kier molecular flexibility index (Phi) is 7.06. The third-order valence-corrected chi connectivity index (χ3v) is 7.30. The number of anilines is 1. The van der Waals surface area contributed by atoms with Gasteiger partial charge in [0, 0.05) is 47.4 Å². The first-order valence-corrected chi connectivity index (χ1v) is 12.9. The first-order valence-electron chi connectivity index (χ1n) is 12.9. The largest absolute Gasteiger partial charge is 0.360 e. The number of fused-ring (bicyclic) bond motifs is 1. The summed E-state index contributed by atoms with van der Waals surface area (Å²) >= 11 is 0. The van der Waals surface area contributed by atoms with E-state index < -0.39 is 0 Å². The van der Waals surface area contributed by atoms with Gasteiger partial charge in [0.25, 0.3) is 5.69 Å². The molecule has 7 nitrogen and oxygen atoms in total. The fourth-order valence-electron chi connectivity index (χ4n) is 5.19. The molecule has 3 aromatic carbocycles. The van der Waals surface area contributed by atoms with Gasteiger partial charge in [-0.1, -0.05) is 56.3 Å². The number of aromatic amines is 1. The smallest absolute Gasteiger partial charge is 0.270 e. The van der Waals surface area contributed by atoms with Crippen LogP contribution >= 0.6 is 0 Å². The van der Waals surface area contributed by atoms with Gasteiger partial charge in [0.1, 0.15) is 0 Å².